The van der Waals surface area contributed by atoms with Gasteiger partial charge in [-0.1, -0.05) is 32.1 Å². The Bertz CT molecular complexity index is 487. The molecule has 0 atom stereocenters. The molecular weight excluding hydrogens is 264 g/mol. The molecule has 1 saturated carbocycles. The first-order chi connectivity index (χ1) is 10.2. The van der Waals surface area contributed by atoms with Gasteiger partial charge in [-0.15, -0.1) is 0 Å². The van der Waals surface area contributed by atoms with Crippen LogP contribution in [0.4, 0.5) is 0 Å². The predicted octanol–water partition coefficient (Wildman–Crippen LogP) is 4.56. The van der Waals surface area contributed by atoms with Crippen molar-refractivity contribution >= 4 is 5.78 Å². The van der Waals surface area contributed by atoms with E-state index in [1.54, 1.807) is 14.2 Å². The van der Waals surface area contributed by atoms with Crippen molar-refractivity contribution in [3.05, 3.63) is 23.3 Å². The number of hydrogen-bond donors (Lipinski definition) is 0. The third-order valence-electron chi connectivity index (χ3n) is 4.51. The Morgan fingerprint density at radius 3 is 2.43 bits per heavy atom. The molecule has 0 heterocycles. The Morgan fingerprint density at radius 2 is 1.81 bits per heavy atom. The van der Waals surface area contributed by atoms with Crippen LogP contribution in [0.2, 0.25) is 0 Å². The van der Waals surface area contributed by atoms with Crippen LogP contribution in [0.1, 0.15) is 60.9 Å². The number of benzene rings is 1. The number of carbonyl (C=O) groups is 1. The molecule has 1 aromatic rings. The molecule has 0 radical (unpaired) electrons. The summed E-state index contributed by atoms with van der Waals surface area (Å²) in [6.45, 7) is 1.95. The molecule has 3 heteroatoms. The van der Waals surface area contributed by atoms with Gasteiger partial charge in [0.25, 0.3) is 0 Å². The molecule has 2 rings (SSSR count). The van der Waals surface area contributed by atoms with Gasteiger partial charge in [-0.05, 0) is 37.0 Å². The molecule has 0 aromatic heterocycles. The summed E-state index contributed by atoms with van der Waals surface area (Å²) >= 11 is 0. The smallest absolute Gasteiger partial charge is 0.166 e. The molecular formula is C18H26O3. The second-order valence-corrected chi connectivity index (χ2v) is 5.99. The minimum atomic E-state index is 0.156. The van der Waals surface area contributed by atoms with Gasteiger partial charge in [0.15, 0.2) is 5.78 Å². The van der Waals surface area contributed by atoms with E-state index >= 15 is 0 Å². The van der Waals surface area contributed by atoms with Gasteiger partial charge in [-0.25, -0.2) is 0 Å². The summed E-state index contributed by atoms with van der Waals surface area (Å²) < 4.78 is 10.7. The maximum Gasteiger partial charge on any atom is 0.166 e. The summed E-state index contributed by atoms with van der Waals surface area (Å²) in [5.74, 6) is 2.39. The monoisotopic (exact) mass is 290 g/mol. The van der Waals surface area contributed by atoms with E-state index in [2.05, 4.69) is 0 Å². The van der Waals surface area contributed by atoms with Crippen molar-refractivity contribution in [2.75, 3.05) is 14.2 Å². The fraction of sp³-hybridized carbons (Fsp3) is 0.611. The van der Waals surface area contributed by atoms with E-state index in [-0.39, 0.29) is 5.78 Å². The molecule has 0 N–H and O–H groups in total. The number of carbonyl (C=O) groups excluding carboxylic acids is 1. The number of methoxy groups -OCH3 is 2. The zero-order valence-corrected chi connectivity index (χ0v) is 13.4. The van der Waals surface area contributed by atoms with Gasteiger partial charge in [0, 0.05) is 6.42 Å². The van der Waals surface area contributed by atoms with Crippen LogP contribution >= 0.6 is 0 Å². The highest BCUT2D eigenvalue weighted by Crippen LogP contribution is 2.31. The normalized spacial score (nSPS) is 15.2. The minimum Gasteiger partial charge on any atom is -0.496 e. The number of Topliss-reactive ketones (excluding diaryl/α,β-unsaturated/α-hetero) is 1. The van der Waals surface area contributed by atoms with Crippen molar-refractivity contribution in [1.29, 1.82) is 0 Å². The molecule has 0 aliphatic heterocycles. The first-order valence-electron chi connectivity index (χ1n) is 7.91. The summed E-state index contributed by atoms with van der Waals surface area (Å²) in [7, 11) is 3.24. The third-order valence-corrected chi connectivity index (χ3v) is 4.51. The first-order valence-corrected chi connectivity index (χ1v) is 7.91. The van der Waals surface area contributed by atoms with E-state index in [1.165, 1.54) is 32.1 Å². The maximum atomic E-state index is 12.4. The zero-order valence-electron chi connectivity index (χ0n) is 13.4. The topological polar surface area (TPSA) is 35.5 Å². The van der Waals surface area contributed by atoms with Gasteiger partial charge < -0.3 is 9.47 Å². The number of hydrogen-bond acceptors (Lipinski definition) is 3. The van der Waals surface area contributed by atoms with Crippen LogP contribution in [-0.2, 0) is 0 Å². The lowest BCUT2D eigenvalue weighted by Gasteiger charge is -2.13. The Kier molecular flexibility index (Phi) is 5.66. The average molecular weight is 290 g/mol. The van der Waals surface area contributed by atoms with E-state index in [1.807, 2.05) is 19.1 Å². The summed E-state index contributed by atoms with van der Waals surface area (Å²) in [6.07, 6.45) is 8.16. The van der Waals surface area contributed by atoms with Crippen molar-refractivity contribution in [3.63, 3.8) is 0 Å². The van der Waals surface area contributed by atoms with Crippen LogP contribution in [-0.4, -0.2) is 20.0 Å². The zero-order chi connectivity index (χ0) is 15.2. The minimum absolute atomic E-state index is 0.156. The molecule has 1 aromatic carbocycles. The SMILES string of the molecule is COc1cc(C(=O)CCCC2CCCC2)c(OC)cc1C. The molecule has 1 fully saturated rings. The van der Waals surface area contributed by atoms with Crippen LogP contribution in [0.5, 0.6) is 11.5 Å². The van der Waals surface area contributed by atoms with Crippen LogP contribution in [0.25, 0.3) is 0 Å². The standard InChI is InChI=1S/C18H26O3/c1-13-11-18(21-3)15(12-17(13)20-2)16(19)10-6-9-14-7-4-5-8-14/h11-12,14H,4-10H2,1-3H3. The Morgan fingerprint density at radius 1 is 1.14 bits per heavy atom. The van der Waals surface area contributed by atoms with Gasteiger partial charge in [0.1, 0.15) is 11.5 Å². The highest BCUT2D eigenvalue weighted by Gasteiger charge is 2.18. The maximum absolute atomic E-state index is 12.4. The van der Waals surface area contributed by atoms with Crippen LogP contribution in [0.3, 0.4) is 0 Å². The van der Waals surface area contributed by atoms with Gasteiger partial charge in [-0.2, -0.15) is 0 Å². The summed E-state index contributed by atoms with van der Waals surface area (Å²) in [5.41, 5.74) is 1.63. The Hall–Kier alpha value is -1.51. The van der Waals surface area contributed by atoms with Crippen LogP contribution in [0.15, 0.2) is 12.1 Å². The second-order valence-electron chi connectivity index (χ2n) is 5.99. The van der Waals surface area contributed by atoms with Gasteiger partial charge in [0.05, 0.1) is 19.8 Å². The van der Waals surface area contributed by atoms with E-state index in [0.29, 0.717) is 17.7 Å². The fourth-order valence-electron chi connectivity index (χ4n) is 3.25. The number of ketones is 1. The van der Waals surface area contributed by atoms with E-state index in [0.717, 1.165) is 23.7 Å². The van der Waals surface area contributed by atoms with E-state index < -0.39 is 0 Å². The van der Waals surface area contributed by atoms with E-state index in [9.17, 15) is 4.79 Å². The second kappa shape index (κ2) is 7.48. The molecule has 0 spiro atoms. The summed E-state index contributed by atoms with van der Waals surface area (Å²) in [5, 5.41) is 0. The van der Waals surface area contributed by atoms with Crippen molar-refractivity contribution in [2.24, 2.45) is 5.92 Å². The Balaban J connectivity index is 1.99. The Labute approximate surface area is 127 Å². The molecule has 1 aliphatic carbocycles. The number of rotatable bonds is 7. The lowest BCUT2D eigenvalue weighted by molar-refractivity contribution is 0.0974. The molecule has 21 heavy (non-hydrogen) atoms. The van der Waals surface area contributed by atoms with E-state index in [4.69, 9.17) is 9.47 Å². The van der Waals surface area contributed by atoms with Gasteiger partial charge in [-0.3, -0.25) is 4.79 Å². The lowest BCUT2D eigenvalue weighted by Crippen LogP contribution is -2.05. The fourth-order valence-corrected chi connectivity index (χ4v) is 3.25. The molecule has 116 valence electrons. The summed E-state index contributed by atoms with van der Waals surface area (Å²) in [6, 6.07) is 3.69. The average Bonchev–Trinajstić information content (AvgIpc) is 3.00. The van der Waals surface area contributed by atoms with Crippen LogP contribution in [0, 0.1) is 12.8 Å². The number of aryl methyl sites for hydroxylation is 1. The lowest BCUT2D eigenvalue weighted by atomic mass is 9.97. The molecule has 0 bridgehead atoms. The van der Waals surface area contributed by atoms with Crippen molar-refractivity contribution < 1.29 is 14.3 Å². The molecule has 0 amide bonds. The highest BCUT2D eigenvalue weighted by atomic mass is 16.5. The molecule has 0 saturated heterocycles. The summed E-state index contributed by atoms with van der Waals surface area (Å²) in [4.78, 5) is 12.4. The van der Waals surface area contributed by atoms with Gasteiger partial charge >= 0.3 is 0 Å². The van der Waals surface area contributed by atoms with Crippen molar-refractivity contribution in [2.45, 2.75) is 51.9 Å². The molecule has 1 aliphatic rings. The van der Waals surface area contributed by atoms with Crippen molar-refractivity contribution in [3.8, 4) is 11.5 Å². The highest BCUT2D eigenvalue weighted by molar-refractivity contribution is 5.99. The van der Waals surface area contributed by atoms with Crippen molar-refractivity contribution in [1.82, 2.24) is 0 Å². The van der Waals surface area contributed by atoms with Crippen LogP contribution < -0.4 is 9.47 Å². The number of ether oxygens (including phenoxy) is 2. The molecule has 0 unspecified atom stereocenters. The third kappa shape index (κ3) is 3.99. The van der Waals surface area contributed by atoms with Gasteiger partial charge in [0.2, 0.25) is 0 Å². The molecule has 3 nitrogen and oxygen atoms in total. The first kappa shape index (κ1) is 15.9. The quantitative estimate of drug-likeness (QED) is 0.691. The predicted molar refractivity (Wildman–Crippen MR) is 84.4 cm³/mol. The largest absolute Gasteiger partial charge is 0.496 e.